The Hall–Kier alpha value is -3.36. The molecule has 0 saturated carbocycles. The Morgan fingerprint density at radius 3 is 2.52 bits per heavy atom. The van der Waals surface area contributed by atoms with Crippen LogP contribution in [0.3, 0.4) is 0 Å². The molecule has 1 aliphatic rings. The largest absolute Gasteiger partial charge is 0.497 e. The number of hydrogen-bond donors (Lipinski definition) is 0. The molecule has 0 spiro atoms. The molecule has 2 heterocycles. The number of hydrogen-bond acceptors (Lipinski definition) is 7. The van der Waals surface area contributed by atoms with Gasteiger partial charge in [0.2, 0.25) is 0 Å². The highest BCUT2D eigenvalue weighted by molar-refractivity contribution is 8.27. The fourth-order valence-corrected chi connectivity index (χ4v) is 4.39. The Balaban J connectivity index is 1.61. The maximum atomic E-state index is 12.9. The van der Waals surface area contributed by atoms with E-state index in [1.807, 2.05) is 6.07 Å². The Morgan fingerprint density at radius 1 is 1.06 bits per heavy atom. The molecule has 2 aromatic carbocycles. The lowest BCUT2D eigenvalue weighted by atomic mass is 10.1. The molecule has 0 atom stereocenters. The molecule has 4 rings (SSSR count). The van der Waals surface area contributed by atoms with Crippen molar-refractivity contribution in [1.82, 2.24) is 0 Å². The van der Waals surface area contributed by atoms with Gasteiger partial charge in [-0.2, -0.15) is 0 Å². The monoisotopic (exact) mass is 451 g/mol. The number of carbonyl (C=O) groups excluding carboxylic acids is 2. The lowest BCUT2D eigenvalue weighted by Crippen LogP contribution is -2.27. The second-order valence-corrected chi connectivity index (χ2v) is 8.13. The van der Waals surface area contributed by atoms with Crippen LogP contribution in [0.25, 0.3) is 17.4 Å². The number of carbonyl (C=O) groups is 2. The van der Waals surface area contributed by atoms with Gasteiger partial charge in [0, 0.05) is 11.6 Å². The van der Waals surface area contributed by atoms with Gasteiger partial charge in [-0.05, 0) is 42.5 Å². The van der Waals surface area contributed by atoms with Crippen LogP contribution in [0, 0.1) is 0 Å². The maximum Gasteiger partial charge on any atom is 0.338 e. The van der Waals surface area contributed by atoms with Crippen LogP contribution in [0.4, 0.5) is 5.69 Å². The smallest absolute Gasteiger partial charge is 0.338 e. The van der Waals surface area contributed by atoms with Gasteiger partial charge in [-0.25, -0.2) is 4.79 Å². The summed E-state index contributed by atoms with van der Waals surface area (Å²) >= 11 is 6.61. The number of ether oxygens (including phenoxy) is 2. The van der Waals surface area contributed by atoms with Gasteiger partial charge in [0.1, 0.15) is 17.3 Å². The van der Waals surface area contributed by atoms with Crippen LogP contribution in [0.1, 0.15) is 16.1 Å². The lowest BCUT2D eigenvalue weighted by Gasteiger charge is -2.14. The Morgan fingerprint density at radius 2 is 1.81 bits per heavy atom. The first-order valence-corrected chi connectivity index (χ1v) is 10.4. The highest BCUT2D eigenvalue weighted by atomic mass is 32.2. The van der Waals surface area contributed by atoms with Gasteiger partial charge >= 0.3 is 5.97 Å². The van der Waals surface area contributed by atoms with E-state index in [1.54, 1.807) is 67.8 Å². The van der Waals surface area contributed by atoms with Crippen LogP contribution >= 0.6 is 24.0 Å². The van der Waals surface area contributed by atoms with Gasteiger partial charge < -0.3 is 13.9 Å². The fraction of sp³-hybridized carbons (Fsp3) is 0.0870. The summed E-state index contributed by atoms with van der Waals surface area (Å²) in [5.41, 5.74) is 1.68. The number of amides is 1. The minimum atomic E-state index is -0.450. The molecular formula is C23H17NO5S2. The minimum Gasteiger partial charge on any atom is -0.497 e. The number of nitrogens with zero attached hydrogens (tertiary/aromatic N) is 1. The molecule has 0 N–H and O–H groups in total. The minimum absolute atomic E-state index is 0.229. The number of methoxy groups -OCH3 is 2. The first kappa shape index (κ1) is 20.9. The molecule has 1 aliphatic heterocycles. The third-order valence-corrected chi connectivity index (χ3v) is 5.92. The molecule has 1 aromatic heterocycles. The molecule has 0 aliphatic carbocycles. The zero-order chi connectivity index (χ0) is 22.0. The van der Waals surface area contributed by atoms with Crippen molar-refractivity contribution in [2.24, 2.45) is 0 Å². The molecule has 31 heavy (non-hydrogen) atoms. The highest BCUT2D eigenvalue weighted by Crippen LogP contribution is 2.37. The van der Waals surface area contributed by atoms with E-state index in [2.05, 4.69) is 0 Å². The number of thiocarbonyl (C=S) groups is 1. The van der Waals surface area contributed by atoms with Gasteiger partial charge in [0.15, 0.2) is 4.32 Å². The maximum absolute atomic E-state index is 12.9. The molecule has 3 aromatic rings. The van der Waals surface area contributed by atoms with E-state index >= 15 is 0 Å². The highest BCUT2D eigenvalue weighted by Gasteiger charge is 2.33. The first-order chi connectivity index (χ1) is 15.0. The molecule has 6 nitrogen and oxygen atoms in total. The molecule has 0 bridgehead atoms. The topological polar surface area (TPSA) is 69.0 Å². The van der Waals surface area contributed by atoms with E-state index in [1.165, 1.54) is 23.8 Å². The zero-order valence-corrected chi connectivity index (χ0v) is 18.3. The number of anilines is 1. The number of rotatable bonds is 5. The number of benzene rings is 2. The molecule has 1 amide bonds. The molecule has 1 fully saturated rings. The average molecular weight is 452 g/mol. The molecule has 1 saturated heterocycles. The van der Waals surface area contributed by atoms with Crippen molar-refractivity contribution in [1.29, 1.82) is 0 Å². The van der Waals surface area contributed by atoms with E-state index in [0.29, 0.717) is 43.3 Å². The van der Waals surface area contributed by atoms with Gasteiger partial charge in [-0.1, -0.05) is 42.2 Å². The standard InChI is InChI=1S/C23H17NO5S2/c1-27-15-9-7-14(8-10-15)24-21(25)20(31-23(24)30)13-16-11-12-19(29-16)17-5-3-4-6-18(17)22(26)28-2/h3-13H,1-2H3/b20-13+. The predicted octanol–water partition coefficient (Wildman–Crippen LogP) is 5.15. The van der Waals surface area contributed by atoms with Crippen LogP contribution in [0.5, 0.6) is 5.75 Å². The summed E-state index contributed by atoms with van der Waals surface area (Å²) < 4.78 is 16.3. The van der Waals surface area contributed by atoms with Crippen LogP contribution in [-0.4, -0.2) is 30.4 Å². The van der Waals surface area contributed by atoms with Gasteiger partial charge in [0.25, 0.3) is 5.91 Å². The van der Waals surface area contributed by atoms with E-state index in [4.69, 9.17) is 26.1 Å². The van der Waals surface area contributed by atoms with Crippen molar-refractivity contribution in [3.63, 3.8) is 0 Å². The van der Waals surface area contributed by atoms with E-state index in [9.17, 15) is 9.59 Å². The number of thioether (sulfide) groups is 1. The van der Waals surface area contributed by atoms with Crippen molar-refractivity contribution in [2.45, 2.75) is 0 Å². The number of esters is 1. The molecule has 0 unspecified atom stereocenters. The number of furan rings is 1. The quantitative estimate of drug-likeness (QED) is 0.302. The van der Waals surface area contributed by atoms with Gasteiger partial charge in [0.05, 0.1) is 30.4 Å². The summed E-state index contributed by atoms with van der Waals surface area (Å²) in [6.07, 6.45) is 1.65. The first-order valence-electron chi connectivity index (χ1n) is 9.21. The third-order valence-electron chi connectivity index (χ3n) is 4.62. The van der Waals surface area contributed by atoms with Gasteiger partial charge in [-0.15, -0.1) is 0 Å². The van der Waals surface area contributed by atoms with Crippen molar-refractivity contribution >= 4 is 51.9 Å². The average Bonchev–Trinajstić information content (AvgIpc) is 3.37. The second-order valence-electron chi connectivity index (χ2n) is 6.45. The summed E-state index contributed by atoms with van der Waals surface area (Å²) in [5.74, 6) is 0.991. The molecule has 0 radical (unpaired) electrons. The molecular weight excluding hydrogens is 434 g/mol. The van der Waals surface area contributed by atoms with Crippen molar-refractivity contribution in [3.05, 3.63) is 76.9 Å². The predicted molar refractivity (Wildman–Crippen MR) is 124 cm³/mol. The van der Waals surface area contributed by atoms with E-state index in [-0.39, 0.29) is 5.91 Å². The Kier molecular flexibility index (Phi) is 5.92. The summed E-state index contributed by atoms with van der Waals surface area (Å²) in [5, 5.41) is 0. The Labute approximate surface area is 188 Å². The van der Waals surface area contributed by atoms with Crippen molar-refractivity contribution in [2.75, 3.05) is 19.1 Å². The Bertz CT molecular complexity index is 1200. The van der Waals surface area contributed by atoms with E-state index < -0.39 is 5.97 Å². The third kappa shape index (κ3) is 4.12. The zero-order valence-electron chi connectivity index (χ0n) is 16.7. The lowest BCUT2D eigenvalue weighted by molar-refractivity contribution is -0.113. The van der Waals surface area contributed by atoms with E-state index in [0.717, 1.165) is 0 Å². The molecule has 8 heteroatoms. The summed E-state index contributed by atoms with van der Waals surface area (Å²) in [7, 11) is 2.91. The van der Waals surface area contributed by atoms with Crippen LogP contribution in [0.2, 0.25) is 0 Å². The molecule has 156 valence electrons. The SMILES string of the molecule is COC(=O)c1ccccc1-c1ccc(/C=C2/SC(=S)N(c3ccc(OC)cc3)C2=O)o1. The van der Waals surface area contributed by atoms with Crippen molar-refractivity contribution < 1.29 is 23.5 Å². The summed E-state index contributed by atoms with van der Waals surface area (Å²) in [6, 6.07) is 17.6. The fourth-order valence-electron chi connectivity index (χ4n) is 3.11. The van der Waals surface area contributed by atoms with Crippen molar-refractivity contribution in [3.8, 4) is 17.1 Å². The van der Waals surface area contributed by atoms with Crippen LogP contribution < -0.4 is 9.64 Å². The second kappa shape index (κ2) is 8.79. The summed E-state index contributed by atoms with van der Waals surface area (Å²) in [6.45, 7) is 0. The normalized spacial score (nSPS) is 14.9. The van der Waals surface area contributed by atoms with Crippen LogP contribution in [0.15, 0.2) is 70.0 Å². The van der Waals surface area contributed by atoms with Crippen LogP contribution in [-0.2, 0) is 9.53 Å². The summed E-state index contributed by atoms with van der Waals surface area (Å²) in [4.78, 5) is 26.9. The van der Waals surface area contributed by atoms with Gasteiger partial charge in [-0.3, -0.25) is 9.69 Å².